The van der Waals surface area contributed by atoms with Crippen LogP contribution in [-0.2, 0) is 23.9 Å². The Morgan fingerprint density at radius 2 is 1.18 bits per heavy atom. The number of carbonyl (C=O) groups is 2. The zero-order chi connectivity index (χ0) is 32.6. The van der Waals surface area contributed by atoms with Crippen molar-refractivity contribution in [2.45, 2.75) is 23.4 Å². The number of aromatic nitrogens is 4. The van der Waals surface area contributed by atoms with Gasteiger partial charge in [-0.25, -0.2) is 56.9 Å². The monoisotopic (exact) mass is 700 g/mol. The molecule has 0 aliphatic carbocycles. The standard InChI is InChI=1S/C13H9ClF2N4O2S.C13H9ClF2N4OS/c1-23(22)12-18-10(14)6-5-17-13(21)20(11(6)19-12)9-7(15)3-2-4-8(9)16;1-22-12-18-10(14)6-5-17-13(21)20(11(6)19-12)9-7(15)3-2-4-8(9)16/h2-4H,5H2,1H3,(H,17,21);2-4H,5H2,1H3,(H,17,21). The van der Waals surface area contributed by atoms with Gasteiger partial charge in [-0.05, 0) is 30.5 Å². The maximum atomic E-state index is 14.1. The largest absolute Gasteiger partial charge is 0.333 e. The molecule has 0 saturated heterocycles. The molecule has 19 heteroatoms. The second kappa shape index (κ2) is 13.1. The molecule has 4 heterocycles. The Balaban J connectivity index is 0.000000178. The lowest BCUT2D eigenvalue weighted by atomic mass is 10.2. The molecule has 45 heavy (non-hydrogen) atoms. The number of nitrogens with one attached hydrogen (secondary N) is 2. The average molecular weight is 702 g/mol. The van der Waals surface area contributed by atoms with E-state index < -0.39 is 57.5 Å². The number of hydrogen-bond donors (Lipinski definition) is 2. The molecule has 1 atom stereocenters. The molecular weight excluding hydrogens is 683 g/mol. The third kappa shape index (κ3) is 6.25. The Labute approximate surface area is 268 Å². The normalized spacial score (nSPS) is 14.5. The van der Waals surface area contributed by atoms with Crippen molar-refractivity contribution in [3.8, 4) is 0 Å². The summed E-state index contributed by atoms with van der Waals surface area (Å²) in [4.78, 5) is 42.0. The quantitative estimate of drug-likeness (QED) is 0.115. The smallest absolute Gasteiger partial charge is 0.328 e. The van der Waals surface area contributed by atoms with Gasteiger partial charge < -0.3 is 10.6 Å². The minimum atomic E-state index is -1.58. The number of nitrogens with zero attached hydrogens (tertiary/aromatic N) is 6. The predicted molar refractivity (Wildman–Crippen MR) is 160 cm³/mol. The third-order valence-electron chi connectivity index (χ3n) is 6.25. The lowest BCUT2D eigenvalue weighted by Gasteiger charge is -2.29. The molecule has 4 amide bonds. The number of carbonyl (C=O) groups excluding carboxylic acids is 2. The van der Waals surface area contributed by atoms with Crippen LogP contribution in [0.1, 0.15) is 11.1 Å². The summed E-state index contributed by atoms with van der Waals surface area (Å²) in [7, 11) is -1.58. The summed E-state index contributed by atoms with van der Waals surface area (Å²) in [6.07, 6.45) is 3.06. The molecule has 2 aliphatic heterocycles. The van der Waals surface area contributed by atoms with E-state index in [-0.39, 0.29) is 45.8 Å². The lowest BCUT2D eigenvalue weighted by molar-refractivity contribution is 0.245. The Kier molecular flexibility index (Phi) is 9.43. The molecule has 2 aliphatic rings. The van der Waals surface area contributed by atoms with E-state index in [0.29, 0.717) is 10.7 Å². The van der Waals surface area contributed by atoms with Gasteiger partial charge in [0.2, 0.25) is 5.16 Å². The first-order valence-electron chi connectivity index (χ1n) is 12.5. The van der Waals surface area contributed by atoms with Crippen molar-refractivity contribution in [2.24, 2.45) is 0 Å². The van der Waals surface area contributed by atoms with E-state index in [9.17, 15) is 31.4 Å². The van der Waals surface area contributed by atoms with E-state index in [0.717, 1.165) is 34.1 Å². The Morgan fingerprint density at radius 3 is 1.60 bits per heavy atom. The van der Waals surface area contributed by atoms with Crippen molar-refractivity contribution >= 4 is 80.8 Å². The van der Waals surface area contributed by atoms with Crippen molar-refractivity contribution in [2.75, 3.05) is 22.3 Å². The molecular formula is C26H18Cl2F4N8O3S2. The summed E-state index contributed by atoms with van der Waals surface area (Å²) in [5.41, 5.74) is -0.402. The molecule has 0 spiro atoms. The summed E-state index contributed by atoms with van der Waals surface area (Å²) >= 11 is 13.3. The molecule has 4 aromatic rings. The van der Waals surface area contributed by atoms with E-state index in [2.05, 4.69) is 30.6 Å². The maximum Gasteiger partial charge on any atom is 0.328 e. The molecule has 0 radical (unpaired) electrons. The van der Waals surface area contributed by atoms with E-state index in [1.165, 1.54) is 30.2 Å². The number of anilines is 4. The van der Waals surface area contributed by atoms with Gasteiger partial charge in [0.25, 0.3) is 0 Å². The lowest BCUT2D eigenvalue weighted by Crippen LogP contribution is -2.43. The Bertz CT molecular complexity index is 1850. The van der Waals surface area contributed by atoms with Crippen LogP contribution in [0.25, 0.3) is 0 Å². The molecule has 1 unspecified atom stereocenters. The number of fused-ring (bicyclic) bond motifs is 2. The fourth-order valence-corrected chi connectivity index (χ4v) is 5.60. The van der Waals surface area contributed by atoms with Crippen LogP contribution >= 0.6 is 35.0 Å². The summed E-state index contributed by atoms with van der Waals surface area (Å²) in [5.74, 6) is -3.64. The number of urea groups is 2. The first-order chi connectivity index (χ1) is 21.4. The van der Waals surface area contributed by atoms with Gasteiger partial charge in [0, 0.05) is 6.26 Å². The van der Waals surface area contributed by atoms with Crippen LogP contribution in [0.5, 0.6) is 0 Å². The van der Waals surface area contributed by atoms with Gasteiger partial charge in [-0.3, -0.25) is 4.21 Å². The number of rotatable bonds is 4. The molecule has 2 N–H and O–H groups in total. The SMILES string of the molecule is CS(=O)c1nc(Cl)c2c(n1)N(c1c(F)cccc1F)C(=O)NC2.CSc1nc(Cl)c2c(n1)N(c1c(F)cccc1F)C(=O)NC2. The van der Waals surface area contributed by atoms with Crippen LogP contribution < -0.4 is 20.4 Å². The highest BCUT2D eigenvalue weighted by molar-refractivity contribution is 7.98. The molecule has 2 aromatic heterocycles. The van der Waals surface area contributed by atoms with Crippen LogP contribution in [0.3, 0.4) is 0 Å². The number of para-hydroxylation sites is 2. The van der Waals surface area contributed by atoms with Gasteiger partial charge in [0.15, 0.2) is 16.8 Å². The van der Waals surface area contributed by atoms with Crippen LogP contribution in [-0.4, -0.2) is 48.7 Å². The second-order valence-corrected chi connectivity index (χ2v) is 11.7. The number of thioether (sulfide) groups is 1. The summed E-state index contributed by atoms with van der Waals surface area (Å²) < 4.78 is 67.8. The van der Waals surface area contributed by atoms with Gasteiger partial charge in [0.05, 0.1) is 35.0 Å². The Hall–Kier alpha value is -4.06. The predicted octanol–water partition coefficient (Wildman–Crippen LogP) is 6.00. The number of halogens is 6. The molecule has 234 valence electrons. The zero-order valence-electron chi connectivity index (χ0n) is 22.9. The van der Waals surface area contributed by atoms with Crippen molar-refractivity contribution in [3.05, 3.63) is 81.1 Å². The van der Waals surface area contributed by atoms with E-state index in [1.807, 2.05) is 0 Å². The van der Waals surface area contributed by atoms with Crippen molar-refractivity contribution in [1.29, 1.82) is 0 Å². The van der Waals surface area contributed by atoms with E-state index in [1.54, 1.807) is 6.26 Å². The highest BCUT2D eigenvalue weighted by Crippen LogP contribution is 2.38. The van der Waals surface area contributed by atoms with Crippen LogP contribution in [0.15, 0.2) is 46.7 Å². The molecule has 0 bridgehead atoms. The van der Waals surface area contributed by atoms with Gasteiger partial charge in [-0.15, -0.1) is 0 Å². The van der Waals surface area contributed by atoms with Gasteiger partial charge >= 0.3 is 12.1 Å². The maximum absolute atomic E-state index is 14.1. The third-order valence-corrected chi connectivity index (χ3v) is 8.12. The van der Waals surface area contributed by atoms with Crippen LogP contribution in [0.4, 0.5) is 50.2 Å². The minimum absolute atomic E-state index is 0.00377. The van der Waals surface area contributed by atoms with E-state index in [4.69, 9.17) is 23.2 Å². The summed E-state index contributed by atoms with van der Waals surface area (Å²) in [5, 5.41) is 5.21. The second-order valence-electron chi connectivity index (χ2n) is 8.99. The van der Waals surface area contributed by atoms with Crippen molar-refractivity contribution in [3.63, 3.8) is 0 Å². The number of hydrogen-bond acceptors (Lipinski definition) is 8. The zero-order valence-corrected chi connectivity index (χ0v) is 26.0. The summed E-state index contributed by atoms with van der Waals surface area (Å²) in [6.45, 7) is 0.0877. The summed E-state index contributed by atoms with van der Waals surface area (Å²) in [6, 6.07) is 5.11. The first-order valence-corrected chi connectivity index (χ1v) is 16.0. The Morgan fingerprint density at radius 1 is 0.756 bits per heavy atom. The van der Waals surface area contributed by atoms with Crippen molar-refractivity contribution in [1.82, 2.24) is 30.6 Å². The number of benzene rings is 2. The van der Waals surface area contributed by atoms with E-state index >= 15 is 0 Å². The van der Waals surface area contributed by atoms with Crippen molar-refractivity contribution < 1.29 is 31.4 Å². The number of amides is 4. The van der Waals surface area contributed by atoms with Gasteiger partial charge in [-0.2, -0.15) is 0 Å². The average Bonchev–Trinajstić information content (AvgIpc) is 2.99. The topological polar surface area (TPSA) is 133 Å². The fourth-order valence-electron chi connectivity index (χ4n) is 4.25. The highest BCUT2D eigenvalue weighted by atomic mass is 35.5. The van der Waals surface area contributed by atoms with Gasteiger partial charge in [-0.1, -0.05) is 47.1 Å². The molecule has 0 saturated carbocycles. The molecule has 11 nitrogen and oxygen atoms in total. The first kappa shape index (κ1) is 32.3. The molecule has 2 aromatic carbocycles. The fraction of sp³-hybridized carbons (Fsp3) is 0.154. The minimum Gasteiger partial charge on any atom is -0.333 e. The van der Waals surface area contributed by atoms with Crippen LogP contribution in [0.2, 0.25) is 10.3 Å². The highest BCUT2D eigenvalue weighted by Gasteiger charge is 2.35. The van der Waals surface area contributed by atoms with Crippen LogP contribution in [0, 0.1) is 23.3 Å². The molecule has 0 fully saturated rings. The molecule has 6 rings (SSSR count). The van der Waals surface area contributed by atoms with Gasteiger partial charge in [0.1, 0.15) is 44.9 Å².